The van der Waals surface area contributed by atoms with E-state index in [2.05, 4.69) is 24.4 Å². The van der Waals surface area contributed by atoms with E-state index in [0.717, 1.165) is 24.9 Å². The van der Waals surface area contributed by atoms with Crippen molar-refractivity contribution in [1.29, 1.82) is 0 Å². The number of aryl methyl sites for hydroxylation is 1. The average Bonchev–Trinajstić information content (AvgIpc) is 2.83. The number of hydrogen-bond acceptors (Lipinski definition) is 2. The van der Waals surface area contributed by atoms with Crippen LogP contribution in [0.3, 0.4) is 0 Å². The fourth-order valence-electron chi connectivity index (χ4n) is 2.88. The van der Waals surface area contributed by atoms with Gasteiger partial charge in [-0.05, 0) is 55.8 Å². The maximum absolute atomic E-state index is 12.2. The number of nitrogens with one attached hydrogen (secondary N) is 1. The minimum Gasteiger partial charge on any atom is -0.330 e. The summed E-state index contributed by atoms with van der Waals surface area (Å²) in [4.78, 5) is 12.2. The van der Waals surface area contributed by atoms with Crippen molar-refractivity contribution in [3.63, 3.8) is 0 Å². The van der Waals surface area contributed by atoms with Crippen molar-refractivity contribution in [2.75, 3.05) is 11.9 Å². The molecule has 0 heterocycles. The molecule has 1 fully saturated rings. The molecule has 2 rings (SSSR count). The van der Waals surface area contributed by atoms with E-state index in [1.165, 1.54) is 18.4 Å². The van der Waals surface area contributed by atoms with Gasteiger partial charge in [0.2, 0.25) is 5.91 Å². The van der Waals surface area contributed by atoms with Crippen molar-refractivity contribution < 1.29 is 4.79 Å². The third-order valence-corrected chi connectivity index (χ3v) is 4.06. The molecule has 3 nitrogen and oxygen atoms in total. The van der Waals surface area contributed by atoms with Crippen molar-refractivity contribution in [3.8, 4) is 0 Å². The predicted octanol–water partition coefficient (Wildman–Crippen LogP) is 2.95. The number of rotatable bonds is 5. The largest absolute Gasteiger partial charge is 0.330 e. The first-order chi connectivity index (χ1) is 9.20. The number of amides is 1. The minimum absolute atomic E-state index is 0.181. The van der Waals surface area contributed by atoms with Gasteiger partial charge in [-0.1, -0.05) is 25.5 Å². The Morgan fingerprint density at radius 2 is 2.26 bits per heavy atom. The van der Waals surface area contributed by atoms with Gasteiger partial charge >= 0.3 is 0 Å². The Morgan fingerprint density at radius 3 is 2.95 bits per heavy atom. The van der Waals surface area contributed by atoms with Crippen LogP contribution in [0.2, 0.25) is 0 Å². The maximum Gasteiger partial charge on any atom is 0.227 e. The second kappa shape index (κ2) is 6.71. The molecule has 1 saturated carbocycles. The molecule has 2 atom stereocenters. The van der Waals surface area contributed by atoms with Crippen LogP contribution in [0.15, 0.2) is 24.3 Å². The summed E-state index contributed by atoms with van der Waals surface area (Å²) in [7, 11) is 0. The van der Waals surface area contributed by atoms with Gasteiger partial charge in [0, 0.05) is 11.6 Å². The van der Waals surface area contributed by atoms with Crippen molar-refractivity contribution in [2.45, 2.75) is 39.0 Å². The quantitative estimate of drug-likeness (QED) is 0.855. The summed E-state index contributed by atoms with van der Waals surface area (Å²) in [6.45, 7) is 2.88. The molecular weight excluding hydrogens is 236 g/mol. The topological polar surface area (TPSA) is 55.1 Å². The highest BCUT2D eigenvalue weighted by atomic mass is 16.1. The van der Waals surface area contributed by atoms with Gasteiger partial charge in [-0.15, -0.1) is 0 Å². The zero-order chi connectivity index (χ0) is 13.7. The van der Waals surface area contributed by atoms with Crippen LogP contribution in [-0.2, 0) is 11.2 Å². The van der Waals surface area contributed by atoms with E-state index in [4.69, 9.17) is 5.73 Å². The molecule has 19 heavy (non-hydrogen) atoms. The van der Waals surface area contributed by atoms with E-state index in [0.29, 0.717) is 12.5 Å². The molecule has 0 spiro atoms. The zero-order valence-corrected chi connectivity index (χ0v) is 11.7. The van der Waals surface area contributed by atoms with Crippen molar-refractivity contribution in [1.82, 2.24) is 0 Å². The Labute approximate surface area is 115 Å². The van der Waals surface area contributed by atoms with Crippen LogP contribution in [0.4, 0.5) is 5.69 Å². The molecular formula is C16H24N2O. The van der Waals surface area contributed by atoms with Crippen LogP contribution < -0.4 is 11.1 Å². The number of carbonyl (C=O) groups is 1. The smallest absolute Gasteiger partial charge is 0.227 e. The number of anilines is 1. The first kappa shape index (κ1) is 14.1. The Balaban J connectivity index is 1.96. The third-order valence-electron chi connectivity index (χ3n) is 4.06. The molecule has 1 aromatic rings. The molecule has 0 aromatic heterocycles. The lowest BCUT2D eigenvalue weighted by molar-refractivity contribution is -0.120. The number of benzene rings is 1. The van der Waals surface area contributed by atoms with Crippen molar-refractivity contribution in [3.05, 3.63) is 29.8 Å². The highest BCUT2D eigenvalue weighted by Gasteiger charge is 2.29. The van der Waals surface area contributed by atoms with Gasteiger partial charge in [0.15, 0.2) is 0 Å². The Kier molecular flexibility index (Phi) is 4.97. The van der Waals surface area contributed by atoms with Crippen LogP contribution in [0.5, 0.6) is 0 Å². The van der Waals surface area contributed by atoms with E-state index in [-0.39, 0.29) is 11.8 Å². The van der Waals surface area contributed by atoms with Gasteiger partial charge in [0.05, 0.1) is 0 Å². The minimum atomic E-state index is 0.181. The van der Waals surface area contributed by atoms with Crippen LogP contribution in [-0.4, -0.2) is 12.5 Å². The normalized spacial score (nSPS) is 22.4. The van der Waals surface area contributed by atoms with E-state index >= 15 is 0 Å². The molecule has 0 aliphatic heterocycles. The number of carbonyl (C=O) groups excluding carboxylic acids is 1. The molecule has 1 aliphatic carbocycles. The molecule has 1 aromatic carbocycles. The molecule has 3 N–H and O–H groups in total. The fraction of sp³-hybridized carbons (Fsp3) is 0.562. The standard InChI is InChI=1S/C16H24N2O/c1-12-5-2-9-15(12)16(19)18-14-8-3-6-13(11-14)7-4-10-17/h3,6,8,11-12,15H,2,4-5,7,9-10,17H2,1H3,(H,18,19). The lowest BCUT2D eigenvalue weighted by atomic mass is 9.97. The first-order valence-corrected chi connectivity index (χ1v) is 7.30. The highest BCUT2D eigenvalue weighted by Crippen LogP contribution is 2.32. The fourth-order valence-corrected chi connectivity index (χ4v) is 2.88. The molecule has 1 aliphatic rings. The Hall–Kier alpha value is -1.35. The van der Waals surface area contributed by atoms with E-state index in [9.17, 15) is 4.79 Å². The summed E-state index contributed by atoms with van der Waals surface area (Å²) < 4.78 is 0. The second-order valence-corrected chi connectivity index (χ2v) is 5.60. The van der Waals surface area contributed by atoms with Gasteiger partial charge < -0.3 is 11.1 Å². The maximum atomic E-state index is 12.2. The Bertz CT molecular complexity index is 431. The summed E-state index contributed by atoms with van der Waals surface area (Å²) in [5, 5.41) is 3.06. The first-order valence-electron chi connectivity index (χ1n) is 7.30. The molecule has 0 saturated heterocycles. The number of nitrogens with two attached hydrogens (primary N) is 1. The Morgan fingerprint density at radius 1 is 1.42 bits per heavy atom. The SMILES string of the molecule is CC1CCCC1C(=O)Nc1cccc(CCCN)c1. The second-order valence-electron chi connectivity index (χ2n) is 5.60. The molecule has 104 valence electrons. The molecule has 3 heteroatoms. The monoisotopic (exact) mass is 260 g/mol. The number of hydrogen-bond donors (Lipinski definition) is 2. The lowest BCUT2D eigenvalue weighted by Crippen LogP contribution is -2.24. The van der Waals surface area contributed by atoms with Crippen molar-refractivity contribution >= 4 is 11.6 Å². The van der Waals surface area contributed by atoms with Gasteiger partial charge in [0.1, 0.15) is 0 Å². The van der Waals surface area contributed by atoms with Gasteiger partial charge in [-0.25, -0.2) is 0 Å². The molecule has 1 amide bonds. The zero-order valence-electron chi connectivity index (χ0n) is 11.7. The average molecular weight is 260 g/mol. The summed E-state index contributed by atoms with van der Waals surface area (Å²) in [5.41, 5.74) is 7.68. The van der Waals surface area contributed by atoms with Crippen molar-refractivity contribution in [2.24, 2.45) is 17.6 Å². The van der Waals surface area contributed by atoms with E-state index in [1.54, 1.807) is 0 Å². The predicted molar refractivity (Wildman–Crippen MR) is 79.0 cm³/mol. The summed E-state index contributed by atoms with van der Waals surface area (Å²) in [6, 6.07) is 8.11. The molecule has 2 unspecified atom stereocenters. The van der Waals surface area contributed by atoms with Crippen LogP contribution >= 0.6 is 0 Å². The van der Waals surface area contributed by atoms with Crippen LogP contribution in [0.25, 0.3) is 0 Å². The van der Waals surface area contributed by atoms with Crippen LogP contribution in [0.1, 0.15) is 38.2 Å². The summed E-state index contributed by atoms with van der Waals surface area (Å²) in [5.74, 6) is 0.883. The summed E-state index contributed by atoms with van der Waals surface area (Å²) >= 11 is 0. The van der Waals surface area contributed by atoms with Gasteiger partial charge in [-0.3, -0.25) is 4.79 Å². The molecule has 0 radical (unpaired) electrons. The lowest BCUT2D eigenvalue weighted by Gasteiger charge is -2.15. The molecule has 0 bridgehead atoms. The van der Waals surface area contributed by atoms with Gasteiger partial charge in [0.25, 0.3) is 0 Å². The van der Waals surface area contributed by atoms with Gasteiger partial charge in [-0.2, -0.15) is 0 Å². The highest BCUT2D eigenvalue weighted by molar-refractivity contribution is 5.92. The third kappa shape index (κ3) is 3.80. The van der Waals surface area contributed by atoms with E-state index in [1.807, 2.05) is 12.1 Å². The van der Waals surface area contributed by atoms with Crippen LogP contribution in [0, 0.1) is 11.8 Å². The summed E-state index contributed by atoms with van der Waals surface area (Å²) in [6.07, 6.45) is 5.33. The van der Waals surface area contributed by atoms with E-state index < -0.39 is 0 Å².